The van der Waals surface area contributed by atoms with Gasteiger partial charge in [0.05, 0.1) is 4.90 Å². The number of nitrogens with zero attached hydrogens (tertiary/aromatic N) is 2. The molecule has 3 aromatic rings. The lowest BCUT2D eigenvalue weighted by atomic mass is 10.2. The predicted molar refractivity (Wildman–Crippen MR) is 108 cm³/mol. The maximum absolute atomic E-state index is 12.4. The quantitative estimate of drug-likeness (QED) is 0.571. The second-order valence-corrected chi connectivity index (χ2v) is 7.96. The minimum atomic E-state index is -3.70. The molecule has 7 nitrogen and oxygen atoms in total. The highest BCUT2D eigenvalue weighted by molar-refractivity contribution is 7.92. The van der Waals surface area contributed by atoms with Gasteiger partial charge in [0.2, 0.25) is 0 Å². The van der Waals surface area contributed by atoms with E-state index in [4.69, 9.17) is 0 Å². The van der Waals surface area contributed by atoms with Gasteiger partial charge in [0, 0.05) is 36.7 Å². The van der Waals surface area contributed by atoms with Crippen molar-refractivity contribution in [1.82, 2.24) is 14.9 Å². The van der Waals surface area contributed by atoms with Crippen LogP contribution in [-0.4, -0.2) is 30.4 Å². The van der Waals surface area contributed by atoms with Gasteiger partial charge in [0.15, 0.2) is 0 Å². The van der Waals surface area contributed by atoms with Crippen LogP contribution in [0.4, 0.5) is 5.69 Å². The number of hydrogen-bond acceptors (Lipinski definition) is 4. The molecule has 0 spiro atoms. The van der Waals surface area contributed by atoms with Crippen LogP contribution in [0.25, 0.3) is 0 Å². The number of amides is 1. The number of carbonyl (C=O) groups excluding carboxylic acids is 1. The van der Waals surface area contributed by atoms with E-state index in [0.717, 1.165) is 18.8 Å². The number of aromatic nitrogens is 2. The van der Waals surface area contributed by atoms with E-state index in [9.17, 15) is 13.2 Å². The van der Waals surface area contributed by atoms with Crippen LogP contribution in [0.15, 0.2) is 71.9 Å². The van der Waals surface area contributed by atoms with Gasteiger partial charge in [-0.25, -0.2) is 13.4 Å². The number of aryl methyl sites for hydroxylation is 2. The third-order valence-electron chi connectivity index (χ3n) is 4.22. The van der Waals surface area contributed by atoms with Crippen LogP contribution in [0.2, 0.25) is 0 Å². The average molecular weight is 398 g/mol. The van der Waals surface area contributed by atoms with E-state index in [1.165, 1.54) is 18.2 Å². The average Bonchev–Trinajstić information content (AvgIpc) is 3.10. The molecule has 0 bridgehead atoms. The Balaban J connectivity index is 1.58. The maximum atomic E-state index is 12.4. The highest BCUT2D eigenvalue weighted by Gasteiger charge is 2.14. The van der Waals surface area contributed by atoms with Crippen LogP contribution in [0.5, 0.6) is 0 Å². The molecule has 0 aliphatic rings. The summed E-state index contributed by atoms with van der Waals surface area (Å²) in [5, 5.41) is 2.85. The van der Waals surface area contributed by atoms with E-state index in [0.29, 0.717) is 17.8 Å². The highest BCUT2D eigenvalue weighted by Crippen LogP contribution is 2.17. The first-order valence-electron chi connectivity index (χ1n) is 8.89. The first kappa shape index (κ1) is 19.6. The van der Waals surface area contributed by atoms with Gasteiger partial charge in [-0.1, -0.05) is 24.3 Å². The van der Waals surface area contributed by atoms with Gasteiger partial charge in [-0.15, -0.1) is 0 Å². The maximum Gasteiger partial charge on any atom is 0.261 e. The standard InChI is InChI=1S/C20H22N4O3S/c1-16-21-12-14-24(16)13-6-11-22-20(25)17-7-5-8-18(15-17)23-28(26,27)19-9-3-2-4-10-19/h2-5,7-10,12,14-15,23H,6,11,13H2,1H3,(H,22,25). The topological polar surface area (TPSA) is 93.1 Å². The summed E-state index contributed by atoms with van der Waals surface area (Å²) in [4.78, 5) is 16.7. The van der Waals surface area contributed by atoms with E-state index in [1.54, 1.807) is 42.6 Å². The van der Waals surface area contributed by atoms with Crippen molar-refractivity contribution in [3.63, 3.8) is 0 Å². The second-order valence-electron chi connectivity index (χ2n) is 6.28. The van der Waals surface area contributed by atoms with Crippen molar-refractivity contribution in [1.29, 1.82) is 0 Å². The lowest BCUT2D eigenvalue weighted by Crippen LogP contribution is -2.25. The number of sulfonamides is 1. The molecule has 3 rings (SSSR count). The van der Waals surface area contributed by atoms with E-state index in [1.807, 2.05) is 17.7 Å². The Morgan fingerprint density at radius 3 is 2.61 bits per heavy atom. The summed E-state index contributed by atoms with van der Waals surface area (Å²) in [7, 11) is -3.70. The van der Waals surface area contributed by atoms with Crippen molar-refractivity contribution in [3.8, 4) is 0 Å². The summed E-state index contributed by atoms with van der Waals surface area (Å²) in [5.74, 6) is 0.688. The molecule has 146 valence electrons. The first-order valence-corrected chi connectivity index (χ1v) is 10.4. The zero-order chi connectivity index (χ0) is 20.0. The fourth-order valence-corrected chi connectivity index (χ4v) is 3.80. The molecule has 8 heteroatoms. The number of nitrogens with one attached hydrogen (secondary N) is 2. The molecule has 1 aromatic heterocycles. The van der Waals surface area contributed by atoms with Crippen molar-refractivity contribution >= 4 is 21.6 Å². The Bertz CT molecular complexity index is 1050. The molecule has 2 aromatic carbocycles. The largest absolute Gasteiger partial charge is 0.352 e. The van der Waals surface area contributed by atoms with Crippen molar-refractivity contribution in [2.24, 2.45) is 0 Å². The van der Waals surface area contributed by atoms with E-state index < -0.39 is 10.0 Å². The molecule has 1 amide bonds. The molecule has 0 saturated heterocycles. The lowest BCUT2D eigenvalue weighted by molar-refractivity contribution is 0.0952. The Labute approximate surface area is 164 Å². The molecule has 2 N–H and O–H groups in total. The molecular weight excluding hydrogens is 376 g/mol. The van der Waals surface area contributed by atoms with Crippen LogP contribution >= 0.6 is 0 Å². The second kappa shape index (κ2) is 8.71. The van der Waals surface area contributed by atoms with Gasteiger partial charge in [0.25, 0.3) is 15.9 Å². The van der Waals surface area contributed by atoms with Gasteiger partial charge < -0.3 is 9.88 Å². The van der Waals surface area contributed by atoms with Gasteiger partial charge in [-0.05, 0) is 43.7 Å². The zero-order valence-corrected chi connectivity index (χ0v) is 16.3. The monoisotopic (exact) mass is 398 g/mol. The van der Waals surface area contributed by atoms with Crippen LogP contribution in [0, 0.1) is 6.92 Å². The van der Waals surface area contributed by atoms with Crippen molar-refractivity contribution in [3.05, 3.63) is 78.4 Å². The number of benzene rings is 2. The minimum absolute atomic E-state index is 0.166. The minimum Gasteiger partial charge on any atom is -0.352 e. The SMILES string of the molecule is Cc1nccn1CCCNC(=O)c1cccc(NS(=O)(=O)c2ccccc2)c1. The Hall–Kier alpha value is -3.13. The summed E-state index contributed by atoms with van der Waals surface area (Å²) in [6.07, 6.45) is 4.42. The number of rotatable bonds is 8. The summed E-state index contributed by atoms with van der Waals surface area (Å²) < 4.78 is 29.4. The summed E-state index contributed by atoms with van der Waals surface area (Å²) in [5.41, 5.74) is 0.734. The Morgan fingerprint density at radius 1 is 1.11 bits per heavy atom. The van der Waals surface area contributed by atoms with E-state index in [-0.39, 0.29) is 10.8 Å². The number of hydrogen-bond donors (Lipinski definition) is 2. The normalized spacial score (nSPS) is 11.2. The van der Waals surface area contributed by atoms with Crippen LogP contribution in [0.3, 0.4) is 0 Å². The van der Waals surface area contributed by atoms with E-state index in [2.05, 4.69) is 15.0 Å². The molecule has 0 aliphatic carbocycles. The highest BCUT2D eigenvalue weighted by atomic mass is 32.2. The van der Waals surface area contributed by atoms with Gasteiger partial charge >= 0.3 is 0 Å². The van der Waals surface area contributed by atoms with E-state index >= 15 is 0 Å². The third-order valence-corrected chi connectivity index (χ3v) is 5.61. The predicted octanol–water partition coefficient (Wildman–Crippen LogP) is 2.81. The van der Waals surface area contributed by atoms with Crippen LogP contribution in [0.1, 0.15) is 22.6 Å². The smallest absolute Gasteiger partial charge is 0.261 e. The Morgan fingerprint density at radius 2 is 1.89 bits per heavy atom. The van der Waals surface area contributed by atoms with Gasteiger partial charge in [-0.2, -0.15) is 0 Å². The fraction of sp³-hybridized carbons (Fsp3) is 0.200. The number of imidazole rings is 1. The van der Waals surface area contributed by atoms with Crippen molar-refractivity contribution in [2.45, 2.75) is 24.8 Å². The summed E-state index contributed by atoms with van der Waals surface area (Å²) in [6.45, 7) is 3.21. The fourth-order valence-electron chi connectivity index (χ4n) is 2.73. The van der Waals surface area contributed by atoms with Gasteiger partial charge in [0.1, 0.15) is 5.82 Å². The van der Waals surface area contributed by atoms with Crippen LogP contribution in [-0.2, 0) is 16.6 Å². The zero-order valence-electron chi connectivity index (χ0n) is 15.5. The molecule has 1 heterocycles. The number of carbonyl (C=O) groups is 1. The molecule has 0 unspecified atom stereocenters. The lowest BCUT2D eigenvalue weighted by Gasteiger charge is -2.10. The summed E-state index contributed by atoms with van der Waals surface area (Å²) >= 11 is 0. The molecule has 0 radical (unpaired) electrons. The third kappa shape index (κ3) is 4.98. The van der Waals surface area contributed by atoms with Crippen molar-refractivity contribution in [2.75, 3.05) is 11.3 Å². The van der Waals surface area contributed by atoms with Crippen LogP contribution < -0.4 is 10.0 Å². The summed E-state index contributed by atoms with van der Waals surface area (Å²) in [6, 6.07) is 14.5. The van der Waals surface area contributed by atoms with Crippen molar-refractivity contribution < 1.29 is 13.2 Å². The molecule has 0 saturated carbocycles. The molecule has 28 heavy (non-hydrogen) atoms. The first-order chi connectivity index (χ1) is 13.5. The molecule has 0 fully saturated rings. The Kier molecular flexibility index (Phi) is 6.10. The number of anilines is 1. The molecule has 0 atom stereocenters. The molecular formula is C20H22N4O3S. The van der Waals surface area contributed by atoms with Gasteiger partial charge in [-0.3, -0.25) is 9.52 Å². The molecule has 0 aliphatic heterocycles.